The molecule has 0 aliphatic carbocycles. The summed E-state index contributed by atoms with van der Waals surface area (Å²) >= 11 is 3.31. The monoisotopic (exact) mass is 406 g/mol. The molecule has 0 unspecified atom stereocenters. The number of halogens is 1. The molecule has 0 heterocycles. The number of hydrogen-bond acceptors (Lipinski definition) is 5. The first-order valence-corrected chi connectivity index (χ1v) is 7.90. The highest BCUT2D eigenvalue weighted by Gasteiger charge is 2.07. The largest absolute Gasteiger partial charge is 0.497 e. The van der Waals surface area contributed by atoms with Crippen molar-refractivity contribution in [3.05, 3.63) is 58.1 Å². The molecule has 25 heavy (non-hydrogen) atoms. The predicted octanol–water partition coefficient (Wildman–Crippen LogP) is 2.69. The smallest absolute Gasteiger partial charge is 0.341 e. The zero-order chi connectivity index (χ0) is 18.2. The van der Waals surface area contributed by atoms with Gasteiger partial charge in [0, 0.05) is 15.6 Å². The van der Waals surface area contributed by atoms with Gasteiger partial charge in [0.05, 0.1) is 13.3 Å². The van der Waals surface area contributed by atoms with Crippen LogP contribution < -0.4 is 14.9 Å². The lowest BCUT2D eigenvalue weighted by Crippen LogP contribution is -2.17. The number of carboxylic acid groups (broad SMARTS) is 1. The third kappa shape index (κ3) is 5.61. The summed E-state index contributed by atoms with van der Waals surface area (Å²) in [5.74, 6) is -0.483. The second kappa shape index (κ2) is 8.84. The van der Waals surface area contributed by atoms with Crippen molar-refractivity contribution < 1.29 is 24.2 Å². The fourth-order valence-electron chi connectivity index (χ4n) is 1.86. The fourth-order valence-corrected chi connectivity index (χ4v) is 2.24. The van der Waals surface area contributed by atoms with Crippen LogP contribution in [0.15, 0.2) is 52.0 Å². The Morgan fingerprint density at radius 1 is 1.24 bits per heavy atom. The lowest BCUT2D eigenvalue weighted by Gasteiger charge is -2.07. The van der Waals surface area contributed by atoms with E-state index in [9.17, 15) is 9.59 Å². The summed E-state index contributed by atoms with van der Waals surface area (Å²) in [6.07, 6.45) is 1.38. The van der Waals surface area contributed by atoms with Crippen LogP contribution in [-0.4, -0.2) is 36.9 Å². The normalized spacial score (nSPS) is 10.5. The number of carboxylic acids is 1. The van der Waals surface area contributed by atoms with E-state index in [1.807, 2.05) is 0 Å². The van der Waals surface area contributed by atoms with Crippen LogP contribution in [0.5, 0.6) is 11.5 Å². The Kier molecular flexibility index (Phi) is 6.53. The number of hydrogen-bond donors (Lipinski definition) is 2. The molecule has 0 aliphatic heterocycles. The van der Waals surface area contributed by atoms with Crippen LogP contribution in [0, 0.1) is 0 Å². The molecule has 0 fully saturated rings. The summed E-state index contributed by atoms with van der Waals surface area (Å²) in [5.41, 5.74) is 3.34. The molecule has 0 saturated heterocycles. The second-order valence-corrected chi connectivity index (χ2v) is 5.71. The Morgan fingerprint density at radius 3 is 2.60 bits per heavy atom. The molecule has 0 aliphatic rings. The van der Waals surface area contributed by atoms with E-state index in [2.05, 4.69) is 26.5 Å². The first-order chi connectivity index (χ1) is 12.0. The van der Waals surface area contributed by atoms with Crippen molar-refractivity contribution >= 4 is 34.0 Å². The number of amides is 1. The van der Waals surface area contributed by atoms with Crippen LogP contribution in [-0.2, 0) is 4.79 Å². The summed E-state index contributed by atoms with van der Waals surface area (Å²) in [5, 5.41) is 12.6. The molecule has 8 heteroatoms. The molecule has 2 rings (SSSR count). The summed E-state index contributed by atoms with van der Waals surface area (Å²) in [4.78, 5) is 22.6. The average Bonchev–Trinajstić information content (AvgIpc) is 2.61. The highest BCUT2D eigenvalue weighted by Crippen LogP contribution is 2.21. The van der Waals surface area contributed by atoms with Crippen molar-refractivity contribution in [3.63, 3.8) is 0 Å². The van der Waals surface area contributed by atoms with Gasteiger partial charge in [0.25, 0.3) is 5.91 Å². The molecule has 0 radical (unpaired) electrons. The minimum atomic E-state index is -1.08. The maximum absolute atomic E-state index is 12.0. The molecule has 0 aromatic heterocycles. The van der Waals surface area contributed by atoms with Crippen LogP contribution in [0.2, 0.25) is 0 Å². The topological polar surface area (TPSA) is 97.2 Å². The lowest BCUT2D eigenvalue weighted by molar-refractivity contribution is -0.139. The van der Waals surface area contributed by atoms with Gasteiger partial charge in [0.1, 0.15) is 11.5 Å². The molecule has 0 saturated carbocycles. The SMILES string of the molecule is COc1ccc(C(=O)N/N=C/c2cc(Br)ccc2OCC(=O)O)cc1. The Hall–Kier alpha value is -2.87. The van der Waals surface area contributed by atoms with E-state index in [1.54, 1.807) is 49.6 Å². The molecule has 2 aromatic carbocycles. The number of carbonyl (C=O) groups is 2. The minimum Gasteiger partial charge on any atom is -0.497 e. The van der Waals surface area contributed by atoms with Gasteiger partial charge >= 0.3 is 5.97 Å². The van der Waals surface area contributed by atoms with Gasteiger partial charge < -0.3 is 14.6 Å². The predicted molar refractivity (Wildman–Crippen MR) is 95.3 cm³/mol. The quantitative estimate of drug-likeness (QED) is 0.544. The number of ether oxygens (including phenoxy) is 2. The molecule has 130 valence electrons. The van der Waals surface area contributed by atoms with E-state index in [-0.39, 0.29) is 5.91 Å². The number of carbonyl (C=O) groups excluding carboxylic acids is 1. The number of nitrogens with zero attached hydrogens (tertiary/aromatic N) is 1. The van der Waals surface area contributed by atoms with Crippen LogP contribution >= 0.6 is 15.9 Å². The first kappa shape index (κ1) is 18.5. The number of hydrazone groups is 1. The van der Waals surface area contributed by atoms with Gasteiger partial charge in [0.15, 0.2) is 6.61 Å². The maximum Gasteiger partial charge on any atom is 0.341 e. The van der Waals surface area contributed by atoms with E-state index < -0.39 is 12.6 Å². The Balaban J connectivity index is 2.06. The molecule has 2 aromatic rings. The van der Waals surface area contributed by atoms with Crippen molar-refractivity contribution in [1.29, 1.82) is 0 Å². The molecular weight excluding hydrogens is 392 g/mol. The summed E-state index contributed by atoms with van der Waals surface area (Å²) in [7, 11) is 1.54. The zero-order valence-corrected chi connectivity index (χ0v) is 14.8. The van der Waals surface area contributed by atoms with E-state index in [4.69, 9.17) is 14.6 Å². The summed E-state index contributed by atoms with van der Waals surface area (Å²) < 4.78 is 11.0. The third-order valence-electron chi connectivity index (χ3n) is 3.04. The van der Waals surface area contributed by atoms with Gasteiger partial charge in [-0.05, 0) is 42.5 Å². The van der Waals surface area contributed by atoms with Gasteiger partial charge in [-0.15, -0.1) is 0 Å². The number of benzene rings is 2. The van der Waals surface area contributed by atoms with Crippen LogP contribution in [0.25, 0.3) is 0 Å². The highest BCUT2D eigenvalue weighted by molar-refractivity contribution is 9.10. The fraction of sp³-hybridized carbons (Fsp3) is 0.118. The molecular formula is C17H15BrN2O5. The van der Waals surface area contributed by atoms with Crippen LogP contribution in [0.1, 0.15) is 15.9 Å². The van der Waals surface area contributed by atoms with E-state index in [0.717, 1.165) is 4.47 Å². The van der Waals surface area contributed by atoms with Crippen LogP contribution in [0.3, 0.4) is 0 Å². The molecule has 2 N–H and O–H groups in total. The molecule has 0 spiro atoms. The van der Waals surface area contributed by atoms with E-state index >= 15 is 0 Å². The van der Waals surface area contributed by atoms with Crippen molar-refractivity contribution in [2.24, 2.45) is 5.10 Å². The van der Waals surface area contributed by atoms with Gasteiger partial charge in [0.2, 0.25) is 0 Å². The minimum absolute atomic E-state index is 0.341. The zero-order valence-electron chi connectivity index (χ0n) is 13.2. The third-order valence-corrected chi connectivity index (χ3v) is 3.54. The van der Waals surface area contributed by atoms with Gasteiger partial charge in [-0.3, -0.25) is 4.79 Å². The van der Waals surface area contributed by atoms with Gasteiger partial charge in [-0.1, -0.05) is 15.9 Å². The molecule has 0 bridgehead atoms. The number of aliphatic carboxylic acids is 1. The number of methoxy groups -OCH3 is 1. The molecule has 1 amide bonds. The second-order valence-electron chi connectivity index (χ2n) is 4.79. The summed E-state index contributed by atoms with van der Waals surface area (Å²) in [6, 6.07) is 11.6. The average molecular weight is 407 g/mol. The highest BCUT2D eigenvalue weighted by atomic mass is 79.9. The Labute approximate surface area is 152 Å². The standard InChI is InChI=1S/C17H15BrN2O5/c1-24-14-5-2-11(3-6-14)17(23)20-19-9-12-8-13(18)4-7-15(12)25-10-16(21)22/h2-9H,10H2,1H3,(H,20,23)(H,21,22)/b19-9+. The van der Waals surface area contributed by atoms with E-state index in [1.165, 1.54) is 6.21 Å². The Bertz CT molecular complexity index is 790. The number of rotatable bonds is 7. The van der Waals surface area contributed by atoms with E-state index in [0.29, 0.717) is 22.6 Å². The van der Waals surface area contributed by atoms with Gasteiger partial charge in [-0.25, -0.2) is 10.2 Å². The maximum atomic E-state index is 12.0. The van der Waals surface area contributed by atoms with Crippen LogP contribution in [0.4, 0.5) is 0 Å². The number of nitrogens with one attached hydrogen (secondary N) is 1. The first-order valence-electron chi connectivity index (χ1n) is 7.11. The van der Waals surface area contributed by atoms with Crippen molar-refractivity contribution in [3.8, 4) is 11.5 Å². The molecule has 7 nitrogen and oxygen atoms in total. The van der Waals surface area contributed by atoms with Crippen molar-refractivity contribution in [1.82, 2.24) is 5.43 Å². The lowest BCUT2D eigenvalue weighted by atomic mass is 10.2. The van der Waals surface area contributed by atoms with Crippen molar-refractivity contribution in [2.45, 2.75) is 0 Å². The Morgan fingerprint density at radius 2 is 1.96 bits per heavy atom. The van der Waals surface area contributed by atoms with Gasteiger partial charge in [-0.2, -0.15) is 5.10 Å². The summed E-state index contributed by atoms with van der Waals surface area (Å²) in [6.45, 7) is -0.472. The van der Waals surface area contributed by atoms with Crippen molar-refractivity contribution in [2.75, 3.05) is 13.7 Å². The molecule has 0 atom stereocenters.